The first-order valence-electron chi connectivity index (χ1n) is 6.45. The molecular formula is C13H20N2O4S. The summed E-state index contributed by atoms with van der Waals surface area (Å²) in [6.07, 6.45) is 0. The number of morpholine rings is 1. The third-order valence-corrected chi connectivity index (χ3v) is 5.72. The van der Waals surface area contributed by atoms with Crippen LogP contribution in [-0.2, 0) is 14.8 Å². The van der Waals surface area contributed by atoms with Crippen LogP contribution in [-0.4, -0.2) is 50.2 Å². The molecule has 1 saturated heterocycles. The summed E-state index contributed by atoms with van der Waals surface area (Å²) in [6.45, 7) is 3.96. The second-order valence-electron chi connectivity index (χ2n) is 4.97. The summed E-state index contributed by atoms with van der Waals surface area (Å²) >= 11 is 0. The van der Waals surface area contributed by atoms with Crippen molar-refractivity contribution in [1.29, 1.82) is 0 Å². The second kappa shape index (κ2) is 5.69. The highest BCUT2D eigenvalue weighted by Crippen LogP contribution is 2.30. The molecule has 1 aromatic rings. The second-order valence-corrected chi connectivity index (χ2v) is 6.80. The van der Waals surface area contributed by atoms with Crippen LogP contribution in [0.2, 0.25) is 0 Å². The van der Waals surface area contributed by atoms with Crippen molar-refractivity contribution in [1.82, 2.24) is 4.31 Å². The average Bonchev–Trinajstić information content (AvgIpc) is 2.43. The number of nitrogens with zero attached hydrogens (tertiary/aromatic N) is 1. The normalized spacial score (nSPS) is 21.1. The Balaban J connectivity index is 2.52. The fraction of sp³-hybridized carbons (Fsp3) is 0.538. The molecule has 0 amide bonds. The van der Waals surface area contributed by atoms with Gasteiger partial charge in [-0.3, -0.25) is 0 Å². The number of nitrogen functional groups attached to an aromatic ring is 1. The van der Waals surface area contributed by atoms with E-state index >= 15 is 0 Å². The summed E-state index contributed by atoms with van der Waals surface area (Å²) in [5.41, 5.74) is 7.57. The van der Waals surface area contributed by atoms with Crippen molar-refractivity contribution in [2.45, 2.75) is 24.8 Å². The molecule has 2 rings (SSSR count). The van der Waals surface area contributed by atoms with Gasteiger partial charge in [-0.15, -0.1) is 0 Å². The fourth-order valence-corrected chi connectivity index (χ4v) is 4.35. The molecule has 1 fully saturated rings. The standard InChI is InChI=1S/C13H20N2O4S/c1-9-3-4-10(2)13(12(9)14)20(17,18)15-5-6-19-8-11(15)7-16/h3-4,11,16H,5-8,14H2,1-2H3. The third-order valence-electron chi connectivity index (χ3n) is 3.56. The lowest BCUT2D eigenvalue weighted by atomic mass is 10.1. The zero-order chi connectivity index (χ0) is 14.9. The van der Waals surface area contributed by atoms with Crippen molar-refractivity contribution in [2.75, 3.05) is 32.1 Å². The Morgan fingerprint density at radius 3 is 2.70 bits per heavy atom. The Kier molecular flexibility index (Phi) is 4.33. The van der Waals surface area contributed by atoms with Gasteiger partial charge in [0.15, 0.2) is 0 Å². The number of benzene rings is 1. The zero-order valence-electron chi connectivity index (χ0n) is 11.7. The number of nitrogens with two attached hydrogens (primary N) is 1. The van der Waals surface area contributed by atoms with E-state index in [-0.39, 0.29) is 30.3 Å². The summed E-state index contributed by atoms with van der Waals surface area (Å²) < 4.78 is 32.2. The highest BCUT2D eigenvalue weighted by Gasteiger charge is 2.35. The Bertz CT molecular complexity index is 601. The van der Waals surface area contributed by atoms with Crippen LogP contribution in [0.25, 0.3) is 0 Å². The Morgan fingerprint density at radius 1 is 1.40 bits per heavy atom. The number of hydrogen-bond acceptors (Lipinski definition) is 5. The van der Waals surface area contributed by atoms with Crippen molar-refractivity contribution in [3.63, 3.8) is 0 Å². The average molecular weight is 300 g/mol. The topological polar surface area (TPSA) is 92.9 Å². The molecule has 0 spiro atoms. The molecule has 1 unspecified atom stereocenters. The zero-order valence-corrected chi connectivity index (χ0v) is 12.5. The van der Waals surface area contributed by atoms with Gasteiger partial charge >= 0.3 is 0 Å². The first-order chi connectivity index (χ1) is 9.39. The number of rotatable bonds is 3. The number of hydrogen-bond donors (Lipinski definition) is 2. The Morgan fingerprint density at radius 2 is 2.05 bits per heavy atom. The summed E-state index contributed by atoms with van der Waals surface area (Å²) in [6, 6.07) is 2.98. The van der Waals surface area contributed by atoms with Gasteiger partial charge in [0, 0.05) is 6.54 Å². The van der Waals surface area contributed by atoms with Crippen LogP contribution >= 0.6 is 0 Å². The molecule has 1 aliphatic rings. The van der Waals surface area contributed by atoms with Gasteiger partial charge < -0.3 is 15.6 Å². The Labute approximate surface area is 119 Å². The number of aliphatic hydroxyl groups is 1. The summed E-state index contributed by atoms with van der Waals surface area (Å²) in [4.78, 5) is 0.137. The predicted octanol–water partition coefficient (Wildman–Crippen LogP) is 0.267. The third kappa shape index (κ3) is 2.54. The van der Waals surface area contributed by atoms with Gasteiger partial charge in [-0.25, -0.2) is 8.42 Å². The van der Waals surface area contributed by atoms with Crippen LogP contribution < -0.4 is 5.73 Å². The van der Waals surface area contributed by atoms with Crippen molar-refractivity contribution >= 4 is 15.7 Å². The van der Waals surface area contributed by atoms with Crippen LogP contribution in [0.15, 0.2) is 17.0 Å². The monoisotopic (exact) mass is 300 g/mol. The van der Waals surface area contributed by atoms with Gasteiger partial charge in [0.1, 0.15) is 4.90 Å². The van der Waals surface area contributed by atoms with E-state index in [4.69, 9.17) is 10.5 Å². The summed E-state index contributed by atoms with van der Waals surface area (Å²) in [5.74, 6) is 0. The molecule has 3 N–H and O–H groups in total. The lowest BCUT2D eigenvalue weighted by Crippen LogP contribution is -2.50. The minimum absolute atomic E-state index is 0.137. The number of sulfonamides is 1. The maximum absolute atomic E-state index is 12.8. The van der Waals surface area contributed by atoms with Crippen molar-refractivity contribution in [3.05, 3.63) is 23.3 Å². The maximum atomic E-state index is 12.8. The van der Waals surface area contributed by atoms with E-state index in [1.807, 2.05) is 0 Å². The molecule has 0 aromatic heterocycles. The van der Waals surface area contributed by atoms with Gasteiger partial charge in [-0.2, -0.15) is 4.31 Å². The van der Waals surface area contributed by atoms with Crippen LogP contribution in [0, 0.1) is 13.8 Å². The molecule has 1 aliphatic heterocycles. The van der Waals surface area contributed by atoms with Gasteiger partial charge in [-0.05, 0) is 25.0 Å². The molecule has 20 heavy (non-hydrogen) atoms. The van der Waals surface area contributed by atoms with E-state index < -0.39 is 16.1 Å². The van der Waals surface area contributed by atoms with E-state index in [9.17, 15) is 13.5 Å². The number of aliphatic hydroxyl groups excluding tert-OH is 1. The number of aryl methyl sites for hydroxylation is 2. The van der Waals surface area contributed by atoms with Gasteiger partial charge in [0.2, 0.25) is 10.0 Å². The van der Waals surface area contributed by atoms with Crippen LogP contribution in [0.4, 0.5) is 5.69 Å². The van der Waals surface area contributed by atoms with E-state index in [0.29, 0.717) is 12.2 Å². The first-order valence-corrected chi connectivity index (χ1v) is 7.89. The van der Waals surface area contributed by atoms with Crippen molar-refractivity contribution in [3.8, 4) is 0 Å². The molecular weight excluding hydrogens is 280 g/mol. The highest BCUT2D eigenvalue weighted by molar-refractivity contribution is 7.89. The lowest BCUT2D eigenvalue weighted by Gasteiger charge is -2.34. The van der Waals surface area contributed by atoms with Crippen LogP contribution in [0.3, 0.4) is 0 Å². The molecule has 6 nitrogen and oxygen atoms in total. The van der Waals surface area contributed by atoms with Crippen LogP contribution in [0.1, 0.15) is 11.1 Å². The molecule has 0 saturated carbocycles. The molecule has 0 bridgehead atoms. The highest BCUT2D eigenvalue weighted by atomic mass is 32.2. The molecule has 0 radical (unpaired) electrons. The lowest BCUT2D eigenvalue weighted by molar-refractivity contribution is 0.0109. The maximum Gasteiger partial charge on any atom is 0.245 e. The van der Waals surface area contributed by atoms with E-state index in [1.165, 1.54) is 4.31 Å². The number of ether oxygens (including phenoxy) is 1. The Hall–Kier alpha value is -1.15. The molecule has 1 aromatic carbocycles. The SMILES string of the molecule is Cc1ccc(C)c(S(=O)(=O)N2CCOCC2CO)c1N. The van der Waals surface area contributed by atoms with Crippen molar-refractivity contribution < 1.29 is 18.3 Å². The first kappa shape index (κ1) is 15.2. The van der Waals surface area contributed by atoms with E-state index in [1.54, 1.807) is 26.0 Å². The quantitative estimate of drug-likeness (QED) is 0.782. The van der Waals surface area contributed by atoms with E-state index in [0.717, 1.165) is 5.56 Å². The molecule has 1 atom stereocenters. The smallest absolute Gasteiger partial charge is 0.245 e. The molecule has 112 valence electrons. The van der Waals surface area contributed by atoms with Crippen molar-refractivity contribution in [2.24, 2.45) is 0 Å². The molecule has 7 heteroatoms. The summed E-state index contributed by atoms with van der Waals surface area (Å²) in [7, 11) is -3.74. The fourth-order valence-electron chi connectivity index (χ4n) is 2.37. The summed E-state index contributed by atoms with van der Waals surface area (Å²) in [5, 5.41) is 9.35. The number of anilines is 1. The minimum atomic E-state index is -3.74. The largest absolute Gasteiger partial charge is 0.397 e. The van der Waals surface area contributed by atoms with Gasteiger partial charge in [0.25, 0.3) is 0 Å². The molecule has 0 aliphatic carbocycles. The van der Waals surface area contributed by atoms with E-state index in [2.05, 4.69) is 0 Å². The van der Waals surface area contributed by atoms with Gasteiger partial charge in [-0.1, -0.05) is 12.1 Å². The minimum Gasteiger partial charge on any atom is -0.397 e. The van der Waals surface area contributed by atoms with Gasteiger partial charge in [0.05, 0.1) is 31.5 Å². The molecule has 1 heterocycles. The predicted molar refractivity (Wildman–Crippen MR) is 75.9 cm³/mol. The van der Waals surface area contributed by atoms with Crippen LogP contribution in [0.5, 0.6) is 0 Å².